The number of aliphatic carboxylic acids is 1. The molecule has 9 nitrogen and oxygen atoms in total. The lowest BCUT2D eigenvalue weighted by Gasteiger charge is -2.38. The van der Waals surface area contributed by atoms with E-state index in [-0.39, 0.29) is 17.1 Å². The van der Waals surface area contributed by atoms with Crippen LogP contribution in [0.1, 0.15) is 53.9 Å². The van der Waals surface area contributed by atoms with Crippen LogP contribution >= 0.6 is 0 Å². The van der Waals surface area contributed by atoms with Crippen molar-refractivity contribution in [2.75, 3.05) is 5.32 Å². The molecule has 0 bridgehead atoms. The standard InChI is InChI=1S/C32H41NO8/c1-19(11-16-24-21(3)10-7-17-32(24,4)5)8-6-9-20(2)18-25(34)33-22-12-14-23(15-13-22)40-31-28(37)26(35)27(36)29(41-31)30(38)39/h6,8-9,11-16,18,26-29,31,35-37H,7,10,17H2,1-5H3,(H,33,34)(H,38,39)/b9-6+,16-11+,19-8+,20-18+/t26-,27-,28+,29-,31?/m0/s1. The molecule has 0 aromatic heterocycles. The van der Waals surface area contributed by atoms with E-state index in [2.05, 4.69) is 38.2 Å². The summed E-state index contributed by atoms with van der Waals surface area (Å²) in [5.74, 6) is -1.62. The predicted octanol–water partition coefficient (Wildman–Crippen LogP) is 4.43. The second-order valence-electron chi connectivity index (χ2n) is 11.3. The van der Waals surface area contributed by atoms with Gasteiger partial charge in [0.2, 0.25) is 12.2 Å². The van der Waals surface area contributed by atoms with Crippen LogP contribution in [0.4, 0.5) is 5.69 Å². The molecule has 5 N–H and O–H groups in total. The molecule has 1 aromatic rings. The minimum atomic E-state index is -1.80. The Morgan fingerprint density at radius 2 is 1.71 bits per heavy atom. The normalized spacial score (nSPS) is 27.4. The second-order valence-corrected chi connectivity index (χ2v) is 11.3. The summed E-state index contributed by atoms with van der Waals surface area (Å²) in [6.45, 7) is 10.7. The van der Waals surface area contributed by atoms with Crippen molar-refractivity contribution in [2.24, 2.45) is 5.41 Å². The lowest BCUT2D eigenvalue weighted by atomic mass is 9.72. The number of aliphatic hydroxyl groups is 3. The fraction of sp³-hybridized carbons (Fsp3) is 0.438. The van der Waals surface area contributed by atoms with Crippen molar-refractivity contribution in [1.82, 2.24) is 0 Å². The number of amides is 1. The fourth-order valence-electron chi connectivity index (χ4n) is 4.97. The van der Waals surface area contributed by atoms with E-state index >= 15 is 0 Å². The molecule has 1 aliphatic heterocycles. The van der Waals surface area contributed by atoms with Crippen molar-refractivity contribution in [2.45, 2.75) is 84.6 Å². The molecular weight excluding hydrogens is 526 g/mol. The molecule has 41 heavy (non-hydrogen) atoms. The number of carbonyl (C=O) groups excluding carboxylic acids is 1. The summed E-state index contributed by atoms with van der Waals surface area (Å²) in [7, 11) is 0. The van der Waals surface area contributed by atoms with Gasteiger partial charge < -0.3 is 35.2 Å². The first-order valence-corrected chi connectivity index (χ1v) is 13.7. The Balaban J connectivity index is 1.54. The van der Waals surface area contributed by atoms with Gasteiger partial charge in [0.1, 0.15) is 24.1 Å². The van der Waals surface area contributed by atoms with Gasteiger partial charge in [-0.15, -0.1) is 0 Å². The van der Waals surface area contributed by atoms with E-state index in [0.29, 0.717) is 5.69 Å². The Morgan fingerprint density at radius 1 is 1.02 bits per heavy atom. The Labute approximate surface area is 241 Å². The molecule has 0 radical (unpaired) electrons. The largest absolute Gasteiger partial charge is 0.479 e. The topological polar surface area (TPSA) is 146 Å². The van der Waals surface area contributed by atoms with Crippen LogP contribution < -0.4 is 10.1 Å². The number of hydrogen-bond acceptors (Lipinski definition) is 7. The minimum absolute atomic E-state index is 0.195. The van der Waals surface area contributed by atoms with Crippen LogP contribution in [0.5, 0.6) is 5.75 Å². The maximum absolute atomic E-state index is 12.5. The lowest BCUT2D eigenvalue weighted by molar-refractivity contribution is -0.271. The molecular formula is C32H41NO8. The molecule has 9 heteroatoms. The van der Waals surface area contributed by atoms with Crippen LogP contribution in [0.2, 0.25) is 0 Å². The van der Waals surface area contributed by atoms with Crippen LogP contribution in [0, 0.1) is 5.41 Å². The number of hydrogen-bond donors (Lipinski definition) is 5. The Hall–Kier alpha value is -3.50. The van der Waals surface area contributed by atoms with Gasteiger partial charge in [0, 0.05) is 11.8 Å². The zero-order valence-electron chi connectivity index (χ0n) is 24.2. The number of rotatable bonds is 9. The van der Waals surface area contributed by atoms with Crippen molar-refractivity contribution in [3.05, 3.63) is 83.0 Å². The van der Waals surface area contributed by atoms with Crippen LogP contribution in [-0.4, -0.2) is 63.0 Å². The average molecular weight is 568 g/mol. The van der Waals surface area contributed by atoms with Crippen molar-refractivity contribution in [1.29, 1.82) is 0 Å². The first-order valence-electron chi connectivity index (χ1n) is 13.7. The highest BCUT2D eigenvalue weighted by molar-refractivity contribution is 6.00. The van der Waals surface area contributed by atoms with E-state index in [1.165, 1.54) is 42.2 Å². The monoisotopic (exact) mass is 567 g/mol. The quantitative estimate of drug-likeness (QED) is 0.218. The number of carboxylic acid groups (broad SMARTS) is 1. The molecule has 0 spiro atoms. The molecule has 1 heterocycles. The summed E-state index contributed by atoms with van der Waals surface area (Å²) in [4.78, 5) is 23.7. The number of benzene rings is 1. The van der Waals surface area contributed by atoms with Gasteiger partial charge in [0.15, 0.2) is 6.10 Å². The molecule has 5 atom stereocenters. The van der Waals surface area contributed by atoms with E-state index in [0.717, 1.165) is 17.6 Å². The molecule has 1 aliphatic carbocycles. The van der Waals surface area contributed by atoms with Gasteiger partial charge in [0.25, 0.3) is 0 Å². The molecule has 1 aromatic carbocycles. The van der Waals surface area contributed by atoms with Gasteiger partial charge in [-0.2, -0.15) is 0 Å². The number of nitrogens with one attached hydrogen (secondary N) is 1. The van der Waals surface area contributed by atoms with E-state index in [1.807, 2.05) is 32.1 Å². The van der Waals surface area contributed by atoms with Crippen molar-refractivity contribution in [3.8, 4) is 5.75 Å². The second kappa shape index (κ2) is 13.9. The fourth-order valence-corrected chi connectivity index (χ4v) is 4.97. The minimum Gasteiger partial charge on any atom is -0.479 e. The zero-order chi connectivity index (χ0) is 30.3. The third-order valence-electron chi connectivity index (χ3n) is 7.32. The highest BCUT2D eigenvalue weighted by atomic mass is 16.7. The Kier molecular flexibility index (Phi) is 10.9. The van der Waals surface area contributed by atoms with Crippen molar-refractivity contribution in [3.63, 3.8) is 0 Å². The molecule has 222 valence electrons. The lowest BCUT2D eigenvalue weighted by Crippen LogP contribution is -2.61. The van der Waals surface area contributed by atoms with Gasteiger partial charge in [-0.05, 0) is 80.9 Å². The highest BCUT2D eigenvalue weighted by Gasteiger charge is 2.48. The molecule has 1 amide bonds. The number of ether oxygens (including phenoxy) is 2. The first kappa shape index (κ1) is 32.0. The predicted molar refractivity (Wildman–Crippen MR) is 156 cm³/mol. The van der Waals surface area contributed by atoms with E-state index in [9.17, 15) is 24.9 Å². The van der Waals surface area contributed by atoms with Gasteiger partial charge >= 0.3 is 5.97 Å². The summed E-state index contributed by atoms with van der Waals surface area (Å²) >= 11 is 0. The molecule has 2 aliphatic rings. The van der Waals surface area contributed by atoms with Crippen LogP contribution in [0.3, 0.4) is 0 Å². The van der Waals surface area contributed by atoms with Crippen LogP contribution in [-0.2, 0) is 14.3 Å². The third-order valence-corrected chi connectivity index (χ3v) is 7.32. The Morgan fingerprint density at radius 3 is 2.34 bits per heavy atom. The van der Waals surface area contributed by atoms with Crippen molar-refractivity contribution < 1.29 is 39.5 Å². The van der Waals surface area contributed by atoms with Crippen LogP contribution in [0.25, 0.3) is 0 Å². The number of allylic oxidation sites excluding steroid dienone is 9. The highest BCUT2D eigenvalue weighted by Crippen LogP contribution is 2.40. The van der Waals surface area contributed by atoms with E-state index in [4.69, 9.17) is 14.6 Å². The number of carbonyl (C=O) groups is 2. The number of anilines is 1. The van der Waals surface area contributed by atoms with Crippen molar-refractivity contribution >= 4 is 17.6 Å². The maximum Gasteiger partial charge on any atom is 0.335 e. The summed E-state index contributed by atoms with van der Waals surface area (Å²) in [6, 6.07) is 6.10. The SMILES string of the molecule is CC1=C(/C=C/C(C)=C/C=C/C(C)=C/C(=O)Nc2ccc(OC3O[C@H](C(=O)O)[C@@H](O)[C@H](O)[C@H]3O)cc2)C(C)(C)CCC1. The zero-order valence-corrected chi connectivity index (χ0v) is 24.2. The van der Waals surface area contributed by atoms with Gasteiger partial charge in [-0.25, -0.2) is 4.79 Å². The third kappa shape index (κ3) is 8.74. The molecule has 1 unspecified atom stereocenters. The van der Waals surface area contributed by atoms with Gasteiger partial charge in [0.05, 0.1) is 0 Å². The molecule has 1 saturated heterocycles. The molecule has 1 fully saturated rings. The molecule has 3 rings (SSSR count). The van der Waals surface area contributed by atoms with Crippen LogP contribution in [0.15, 0.2) is 83.0 Å². The van der Waals surface area contributed by atoms with E-state index < -0.39 is 36.7 Å². The van der Waals surface area contributed by atoms with Gasteiger partial charge in [-0.3, -0.25) is 4.79 Å². The maximum atomic E-state index is 12.5. The van der Waals surface area contributed by atoms with E-state index in [1.54, 1.807) is 12.1 Å². The Bertz CT molecular complexity index is 1250. The first-order chi connectivity index (χ1) is 19.3. The molecule has 0 saturated carbocycles. The van der Waals surface area contributed by atoms with Gasteiger partial charge in [-0.1, -0.05) is 55.4 Å². The summed E-state index contributed by atoms with van der Waals surface area (Å²) < 4.78 is 10.6. The summed E-state index contributed by atoms with van der Waals surface area (Å²) in [5.41, 5.74) is 5.42. The summed E-state index contributed by atoms with van der Waals surface area (Å²) in [6.07, 6.45) is 6.69. The smallest absolute Gasteiger partial charge is 0.335 e. The average Bonchev–Trinajstić information content (AvgIpc) is 2.89. The number of carboxylic acids is 1. The number of aliphatic hydroxyl groups excluding tert-OH is 3. The summed E-state index contributed by atoms with van der Waals surface area (Å²) in [5, 5.41) is 41.7.